The molecule has 0 heterocycles. The summed E-state index contributed by atoms with van der Waals surface area (Å²) in [6.07, 6.45) is 10.6. The summed E-state index contributed by atoms with van der Waals surface area (Å²) in [5.41, 5.74) is 5.12. The van der Waals surface area contributed by atoms with E-state index in [0.717, 1.165) is 38.5 Å². The molecule has 0 spiro atoms. The van der Waals surface area contributed by atoms with Crippen molar-refractivity contribution in [3.8, 4) is 0 Å². The van der Waals surface area contributed by atoms with E-state index in [1.165, 1.54) is 25.7 Å². The molecule has 5 N–H and O–H groups in total. The largest absolute Gasteiger partial charge is 0.386 e. The fourth-order valence-electron chi connectivity index (χ4n) is 3.30. The van der Waals surface area contributed by atoms with Gasteiger partial charge in [-0.15, -0.1) is 0 Å². The molecule has 0 unspecified atom stereocenters. The molecule has 2 aliphatic carbocycles. The van der Waals surface area contributed by atoms with Crippen LogP contribution in [0.2, 0.25) is 0 Å². The van der Waals surface area contributed by atoms with Crippen LogP contribution in [-0.2, 0) is 0 Å². The van der Waals surface area contributed by atoms with Crippen LogP contribution in [0.5, 0.6) is 0 Å². The summed E-state index contributed by atoms with van der Waals surface area (Å²) in [6, 6.07) is 0.144. The monoisotopic (exact) mass is 266 g/mol. The summed E-state index contributed by atoms with van der Waals surface area (Å²) in [6.45, 7) is 0. The first-order valence-electron chi connectivity index (χ1n) is 7.56. The maximum atomic E-state index is 12.1. The number of nitrogens with one attached hydrogen (secondary N) is 3. The van der Waals surface area contributed by atoms with Crippen LogP contribution in [0.25, 0.3) is 0 Å². The van der Waals surface area contributed by atoms with Crippen molar-refractivity contribution in [2.45, 2.75) is 75.8 Å². The Bertz CT molecular complexity index is 330. The van der Waals surface area contributed by atoms with E-state index in [9.17, 15) is 4.79 Å². The zero-order valence-electron chi connectivity index (χ0n) is 11.6. The lowest BCUT2D eigenvalue weighted by Crippen LogP contribution is -2.61. The van der Waals surface area contributed by atoms with E-state index in [1.54, 1.807) is 0 Å². The van der Waals surface area contributed by atoms with Crippen LogP contribution in [0.3, 0.4) is 0 Å². The highest BCUT2D eigenvalue weighted by Gasteiger charge is 2.37. The van der Waals surface area contributed by atoms with Gasteiger partial charge in [0, 0.05) is 6.04 Å². The topological polar surface area (TPSA) is 91.0 Å². The van der Waals surface area contributed by atoms with Gasteiger partial charge in [0.25, 0.3) is 0 Å². The lowest BCUT2D eigenvalue weighted by atomic mass is 9.81. The standard InChI is InChI=1S/C14H26N4O/c15-12(16)14(9-5-2-6-10-14)18-13(19)17-11-7-3-1-4-8-11/h11H,1-10H2,(H3,15,16)(H2,17,18,19). The minimum Gasteiger partial charge on any atom is -0.386 e. The first-order chi connectivity index (χ1) is 9.12. The predicted molar refractivity (Wildman–Crippen MR) is 76.3 cm³/mol. The van der Waals surface area contributed by atoms with Crippen molar-refractivity contribution in [2.24, 2.45) is 5.73 Å². The third-order valence-corrected chi connectivity index (χ3v) is 4.52. The number of hydrogen-bond donors (Lipinski definition) is 4. The third-order valence-electron chi connectivity index (χ3n) is 4.52. The van der Waals surface area contributed by atoms with Gasteiger partial charge in [0.15, 0.2) is 0 Å². The van der Waals surface area contributed by atoms with Crippen LogP contribution in [0.15, 0.2) is 0 Å². The van der Waals surface area contributed by atoms with Gasteiger partial charge in [0.2, 0.25) is 0 Å². The molecule has 2 saturated carbocycles. The second-order valence-corrected chi connectivity index (χ2v) is 5.99. The molecule has 0 aromatic rings. The van der Waals surface area contributed by atoms with Gasteiger partial charge in [-0.2, -0.15) is 0 Å². The van der Waals surface area contributed by atoms with Crippen LogP contribution in [0.1, 0.15) is 64.2 Å². The SMILES string of the molecule is N=C(N)C1(NC(=O)NC2CCCCC2)CCCCC1. The molecule has 108 valence electrons. The molecule has 0 aromatic heterocycles. The van der Waals surface area contributed by atoms with E-state index in [0.29, 0.717) is 6.04 Å². The molecule has 0 radical (unpaired) electrons. The Morgan fingerprint density at radius 1 is 1.05 bits per heavy atom. The van der Waals surface area contributed by atoms with Crippen LogP contribution in [-0.4, -0.2) is 23.4 Å². The minimum absolute atomic E-state index is 0.103. The number of amides is 2. The number of nitrogens with two attached hydrogens (primary N) is 1. The van der Waals surface area contributed by atoms with E-state index >= 15 is 0 Å². The first kappa shape index (κ1) is 14.2. The minimum atomic E-state index is -0.600. The van der Waals surface area contributed by atoms with Crippen molar-refractivity contribution < 1.29 is 4.79 Å². The summed E-state index contributed by atoms with van der Waals surface area (Å²) in [4.78, 5) is 12.1. The molecule has 0 aromatic carbocycles. The average molecular weight is 266 g/mol. The molecular weight excluding hydrogens is 240 g/mol. The Labute approximate surface area is 115 Å². The van der Waals surface area contributed by atoms with Gasteiger partial charge in [-0.25, -0.2) is 4.79 Å². The fourth-order valence-corrected chi connectivity index (χ4v) is 3.30. The van der Waals surface area contributed by atoms with E-state index in [2.05, 4.69) is 10.6 Å². The highest BCUT2D eigenvalue weighted by Crippen LogP contribution is 2.28. The molecule has 0 bridgehead atoms. The highest BCUT2D eigenvalue weighted by atomic mass is 16.2. The van der Waals surface area contributed by atoms with Gasteiger partial charge >= 0.3 is 6.03 Å². The van der Waals surface area contributed by atoms with Crippen molar-refractivity contribution in [3.63, 3.8) is 0 Å². The van der Waals surface area contributed by atoms with Crippen molar-refractivity contribution in [1.29, 1.82) is 5.41 Å². The number of rotatable bonds is 3. The number of urea groups is 1. The average Bonchev–Trinajstić information content (AvgIpc) is 2.40. The summed E-state index contributed by atoms with van der Waals surface area (Å²) in [7, 11) is 0. The van der Waals surface area contributed by atoms with E-state index in [-0.39, 0.29) is 11.9 Å². The maximum Gasteiger partial charge on any atom is 0.315 e. The third kappa shape index (κ3) is 3.61. The van der Waals surface area contributed by atoms with E-state index < -0.39 is 5.54 Å². The number of amidine groups is 1. The first-order valence-corrected chi connectivity index (χ1v) is 7.56. The Hall–Kier alpha value is -1.26. The Morgan fingerprint density at radius 2 is 1.63 bits per heavy atom. The van der Waals surface area contributed by atoms with E-state index in [4.69, 9.17) is 11.1 Å². The van der Waals surface area contributed by atoms with Gasteiger partial charge < -0.3 is 16.4 Å². The molecule has 5 heteroatoms. The van der Waals surface area contributed by atoms with Gasteiger partial charge in [-0.05, 0) is 25.7 Å². The zero-order valence-corrected chi connectivity index (χ0v) is 11.6. The van der Waals surface area contributed by atoms with Crippen LogP contribution < -0.4 is 16.4 Å². The molecule has 5 nitrogen and oxygen atoms in total. The van der Waals surface area contributed by atoms with Crippen molar-refractivity contribution >= 4 is 11.9 Å². The fraction of sp³-hybridized carbons (Fsp3) is 0.857. The van der Waals surface area contributed by atoms with Gasteiger partial charge in [0.1, 0.15) is 5.84 Å². The van der Waals surface area contributed by atoms with Gasteiger partial charge in [0.05, 0.1) is 5.54 Å². The molecule has 2 aliphatic rings. The summed E-state index contributed by atoms with van der Waals surface area (Å²) < 4.78 is 0. The molecule has 0 atom stereocenters. The van der Waals surface area contributed by atoms with Crippen LogP contribution in [0.4, 0.5) is 4.79 Å². The Morgan fingerprint density at radius 3 is 2.21 bits per heavy atom. The summed E-state index contributed by atoms with van der Waals surface area (Å²) in [5.74, 6) is 0.103. The summed E-state index contributed by atoms with van der Waals surface area (Å²) >= 11 is 0. The van der Waals surface area contributed by atoms with Gasteiger partial charge in [-0.3, -0.25) is 5.41 Å². The Kier molecular flexibility index (Phi) is 4.66. The van der Waals surface area contributed by atoms with Crippen molar-refractivity contribution in [2.75, 3.05) is 0 Å². The Balaban J connectivity index is 1.89. The van der Waals surface area contributed by atoms with Crippen LogP contribution >= 0.6 is 0 Å². The molecule has 2 amide bonds. The second kappa shape index (κ2) is 6.26. The molecule has 19 heavy (non-hydrogen) atoms. The lowest BCUT2D eigenvalue weighted by Gasteiger charge is -2.37. The molecule has 0 aliphatic heterocycles. The van der Waals surface area contributed by atoms with Gasteiger partial charge in [-0.1, -0.05) is 38.5 Å². The maximum absolute atomic E-state index is 12.1. The number of hydrogen-bond acceptors (Lipinski definition) is 2. The zero-order chi connectivity index (χ0) is 13.7. The summed E-state index contributed by atoms with van der Waals surface area (Å²) in [5, 5.41) is 13.8. The van der Waals surface area contributed by atoms with E-state index in [1.807, 2.05) is 0 Å². The molecular formula is C14H26N4O. The van der Waals surface area contributed by atoms with Crippen LogP contribution in [0, 0.1) is 5.41 Å². The predicted octanol–water partition coefficient (Wildman–Crippen LogP) is 2.26. The quantitative estimate of drug-likeness (QED) is 0.466. The molecule has 2 rings (SSSR count). The van der Waals surface area contributed by atoms with Crippen molar-refractivity contribution in [1.82, 2.24) is 10.6 Å². The normalized spacial score (nSPS) is 23.6. The van der Waals surface area contributed by atoms with Crippen molar-refractivity contribution in [3.05, 3.63) is 0 Å². The number of carbonyl (C=O) groups is 1. The lowest BCUT2D eigenvalue weighted by molar-refractivity contribution is 0.216. The molecule has 0 saturated heterocycles. The smallest absolute Gasteiger partial charge is 0.315 e. The highest BCUT2D eigenvalue weighted by molar-refractivity contribution is 5.91. The number of carbonyl (C=O) groups excluding carboxylic acids is 1. The molecule has 2 fully saturated rings. The second-order valence-electron chi connectivity index (χ2n) is 5.99.